The summed E-state index contributed by atoms with van der Waals surface area (Å²) in [6, 6.07) is 1.82. The molecule has 0 unspecified atom stereocenters. The number of hydrogen-bond acceptors (Lipinski definition) is 7. The summed E-state index contributed by atoms with van der Waals surface area (Å²) in [7, 11) is 1.85. The highest BCUT2D eigenvalue weighted by Crippen LogP contribution is 2.43. The van der Waals surface area contributed by atoms with Gasteiger partial charge in [0, 0.05) is 62.4 Å². The van der Waals surface area contributed by atoms with Gasteiger partial charge >= 0.3 is 6.18 Å². The first-order chi connectivity index (χ1) is 21.8. The van der Waals surface area contributed by atoms with Gasteiger partial charge in [-0.3, -0.25) is 9.58 Å². The van der Waals surface area contributed by atoms with E-state index in [1.165, 1.54) is 10.5 Å². The first-order valence-electron chi connectivity index (χ1n) is 16.8. The molecule has 2 saturated carbocycles. The smallest absolute Gasteiger partial charge is 0.416 e. The Morgan fingerprint density at radius 2 is 1.76 bits per heavy atom. The van der Waals surface area contributed by atoms with Crippen molar-refractivity contribution in [1.29, 1.82) is 0 Å². The van der Waals surface area contributed by atoms with E-state index in [-0.39, 0.29) is 30.5 Å². The molecule has 3 aromatic heterocycles. The van der Waals surface area contributed by atoms with Crippen LogP contribution in [0.5, 0.6) is 5.88 Å². The third-order valence-electron chi connectivity index (χ3n) is 9.41. The van der Waals surface area contributed by atoms with Crippen molar-refractivity contribution in [3.63, 3.8) is 0 Å². The third kappa shape index (κ3) is 5.43. The number of pyridine rings is 1. The van der Waals surface area contributed by atoms with Crippen LogP contribution in [-0.4, -0.2) is 65.7 Å². The maximum atomic E-state index is 13.0. The van der Waals surface area contributed by atoms with E-state index < -0.39 is 30.3 Å². The van der Waals surface area contributed by atoms with Gasteiger partial charge in [-0.1, -0.05) is 0 Å². The summed E-state index contributed by atoms with van der Waals surface area (Å²) in [5.41, 5.74) is -0.938. The van der Waals surface area contributed by atoms with E-state index in [1.54, 1.807) is 0 Å². The number of alkyl halides is 3. The van der Waals surface area contributed by atoms with Crippen molar-refractivity contribution >= 4 is 0 Å². The van der Waals surface area contributed by atoms with E-state index in [2.05, 4.69) is 21.4 Å². The Bertz CT molecular complexity index is 1540. The van der Waals surface area contributed by atoms with Crippen LogP contribution >= 0.6 is 0 Å². The van der Waals surface area contributed by atoms with Crippen molar-refractivity contribution in [2.24, 2.45) is 7.05 Å². The predicted molar refractivity (Wildman–Crippen MR) is 147 cm³/mol. The van der Waals surface area contributed by atoms with Crippen LogP contribution in [0.3, 0.4) is 0 Å². The maximum Gasteiger partial charge on any atom is 0.416 e. The van der Waals surface area contributed by atoms with Crippen LogP contribution < -0.4 is 4.74 Å². The largest absolute Gasteiger partial charge is 0.469 e. The van der Waals surface area contributed by atoms with Gasteiger partial charge in [-0.05, 0) is 68.9 Å². The topological polar surface area (TPSA) is 83.1 Å². The number of aromatic nitrogens is 6. The van der Waals surface area contributed by atoms with E-state index in [0.717, 1.165) is 62.7 Å². The molecular weight excluding hydrogens is 547 g/mol. The lowest BCUT2D eigenvalue weighted by Crippen LogP contribution is -2.70. The van der Waals surface area contributed by atoms with E-state index in [0.29, 0.717) is 37.6 Å². The molecule has 0 radical (unpaired) electrons. The minimum Gasteiger partial charge on any atom is -0.469 e. The van der Waals surface area contributed by atoms with Gasteiger partial charge < -0.3 is 14.0 Å². The molecule has 1 spiro atoms. The quantitative estimate of drug-likeness (QED) is 0.365. The van der Waals surface area contributed by atoms with Crippen LogP contribution in [0.4, 0.5) is 13.2 Å². The molecule has 4 fully saturated rings. The van der Waals surface area contributed by atoms with Gasteiger partial charge in [0.1, 0.15) is 12.4 Å². The lowest BCUT2D eigenvalue weighted by Gasteiger charge is -2.58. The molecule has 0 bridgehead atoms. The van der Waals surface area contributed by atoms with Crippen molar-refractivity contribution in [2.45, 2.75) is 100 Å². The molecule has 0 amide bonds. The predicted octanol–water partition coefficient (Wildman–Crippen LogP) is 5.40. The molecule has 2 aliphatic carbocycles. The SMILES string of the molecule is [2H]C1([2H])N([C@H]2CC[C@H](n3cc([C@H]4CC[C@H](c5nnc(COc6cc(C(F)(F)F)ccn6)n5C)CC4)cn3)CC2)C([2H])([2H])C12CCO2. The summed E-state index contributed by atoms with van der Waals surface area (Å²) in [6.45, 7) is -3.23. The summed E-state index contributed by atoms with van der Waals surface area (Å²) < 4.78 is 88.2. The van der Waals surface area contributed by atoms with Gasteiger partial charge in [0.2, 0.25) is 5.88 Å². The Kier molecular flexibility index (Phi) is 6.11. The zero-order valence-corrected chi connectivity index (χ0v) is 23.6. The van der Waals surface area contributed by atoms with Crippen LogP contribution in [0.1, 0.15) is 104 Å². The molecular formula is C30H38F3N7O2. The van der Waals surface area contributed by atoms with Crippen LogP contribution in [-0.2, 0) is 24.6 Å². The van der Waals surface area contributed by atoms with Crippen LogP contribution in [0.15, 0.2) is 30.7 Å². The summed E-state index contributed by atoms with van der Waals surface area (Å²) in [5, 5.41) is 13.3. The normalized spacial score (nSPS) is 31.7. The number of rotatable bonds is 7. The van der Waals surface area contributed by atoms with E-state index in [9.17, 15) is 13.2 Å². The number of halogens is 3. The van der Waals surface area contributed by atoms with Gasteiger partial charge in [0.15, 0.2) is 5.82 Å². The average molecular weight is 590 g/mol. The van der Waals surface area contributed by atoms with Gasteiger partial charge in [0.05, 0.1) is 30.0 Å². The second kappa shape index (κ2) is 10.9. The zero-order chi connectivity index (χ0) is 32.5. The first-order valence-corrected chi connectivity index (χ1v) is 14.8. The van der Waals surface area contributed by atoms with Gasteiger partial charge in [-0.15, -0.1) is 10.2 Å². The molecule has 12 heteroatoms. The van der Waals surface area contributed by atoms with Crippen molar-refractivity contribution in [3.05, 3.63) is 53.5 Å². The molecule has 42 heavy (non-hydrogen) atoms. The molecule has 7 rings (SSSR count). The second-order valence-corrected chi connectivity index (χ2v) is 12.0. The van der Waals surface area contributed by atoms with E-state index in [1.807, 2.05) is 22.5 Å². The summed E-state index contributed by atoms with van der Waals surface area (Å²) >= 11 is 0. The summed E-state index contributed by atoms with van der Waals surface area (Å²) in [4.78, 5) is 5.30. The monoisotopic (exact) mass is 589 g/mol. The van der Waals surface area contributed by atoms with Crippen molar-refractivity contribution < 1.29 is 28.1 Å². The van der Waals surface area contributed by atoms with Crippen LogP contribution in [0.25, 0.3) is 0 Å². The molecule has 2 aliphatic heterocycles. The van der Waals surface area contributed by atoms with E-state index in [4.69, 9.17) is 20.1 Å². The molecule has 2 saturated heterocycles. The minimum atomic E-state index is -4.47. The lowest BCUT2D eigenvalue weighted by atomic mass is 9.79. The lowest BCUT2D eigenvalue weighted by molar-refractivity contribution is -0.231. The Morgan fingerprint density at radius 1 is 1.05 bits per heavy atom. The summed E-state index contributed by atoms with van der Waals surface area (Å²) in [6.07, 6.45) is 7.97. The average Bonchev–Trinajstić information content (AvgIpc) is 3.62. The number of hydrogen-bond donors (Lipinski definition) is 0. The zero-order valence-electron chi connectivity index (χ0n) is 27.6. The fourth-order valence-corrected chi connectivity index (χ4v) is 6.74. The van der Waals surface area contributed by atoms with Crippen LogP contribution in [0, 0.1) is 0 Å². The Labute approximate surface area is 249 Å². The molecule has 226 valence electrons. The third-order valence-corrected chi connectivity index (χ3v) is 9.41. The Balaban J connectivity index is 0.909. The molecule has 3 aromatic rings. The molecule has 0 aromatic carbocycles. The van der Waals surface area contributed by atoms with Gasteiger partial charge in [0.25, 0.3) is 0 Å². The highest BCUT2D eigenvalue weighted by molar-refractivity contribution is 5.23. The van der Waals surface area contributed by atoms with Gasteiger partial charge in [-0.2, -0.15) is 18.3 Å². The summed E-state index contributed by atoms with van der Waals surface area (Å²) in [5.74, 6) is 1.83. The van der Waals surface area contributed by atoms with Crippen molar-refractivity contribution in [3.8, 4) is 5.88 Å². The molecule has 4 aliphatic rings. The van der Waals surface area contributed by atoms with E-state index >= 15 is 0 Å². The number of nitrogens with zero attached hydrogens (tertiary/aromatic N) is 7. The number of ether oxygens (including phenoxy) is 2. The minimum absolute atomic E-state index is 0.0400. The Morgan fingerprint density at radius 3 is 2.45 bits per heavy atom. The highest BCUT2D eigenvalue weighted by atomic mass is 19.4. The molecule has 0 atom stereocenters. The second-order valence-electron chi connectivity index (χ2n) is 12.0. The van der Waals surface area contributed by atoms with Crippen molar-refractivity contribution in [2.75, 3.05) is 19.6 Å². The first kappa shape index (κ1) is 23.5. The fraction of sp³-hybridized carbons (Fsp3) is 0.667. The van der Waals surface area contributed by atoms with Crippen LogP contribution in [0.2, 0.25) is 0 Å². The molecule has 9 nitrogen and oxygen atoms in total. The Hall–Kier alpha value is -2.99. The molecule has 5 heterocycles. The molecule has 0 N–H and O–H groups in total. The fourth-order valence-electron chi connectivity index (χ4n) is 6.74. The maximum absolute atomic E-state index is 13.0. The standard InChI is InChI=1S/C30H38F3N7O2/c1-38-26(17-41-27-14-23(10-12-34-27)30(31,32)33)36-37-28(38)21-4-2-20(3-5-21)22-15-35-40(16-22)25-8-6-24(7-9-25)39-18-29(19-39)11-13-42-29/h10,12,14-16,20-21,24-25H,2-9,11,13,17-19H2,1H3/t20-,21-,24-,25-/i18D2,19D2. The van der Waals surface area contributed by atoms with Crippen molar-refractivity contribution in [1.82, 2.24) is 34.4 Å². The number of likely N-dealkylation sites (tertiary alicyclic amines) is 1. The van der Waals surface area contributed by atoms with Gasteiger partial charge in [-0.25, -0.2) is 4.98 Å². The highest BCUT2D eigenvalue weighted by Gasteiger charge is 2.51.